The summed E-state index contributed by atoms with van der Waals surface area (Å²) in [5.74, 6) is -0.850. The maximum Gasteiger partial charge on any atom is 0.216 e. The molecule has 7 heteroatoms. The summed E-state index contributed by atoms with van der Waals surface area (Å²) in [6.07, 6.45) is 3.12. The molecule has 3 rings (SSSR count). The first kappa shape index (κ1) is 13.1. The van der Waals surface area contributed by atoms with Gasteiger partial charge in [-0.3, -0.25) is 0 Å². The number of nitrogens with zero attached hydrogens (tertiary/aromatic N) is 3. The minimum Gasteiger partial charge on any atom is -0.342 e. The number of aromatic nitrogens is 3. The highest BCUT2D eigenvalue weighted by molar-refractivity contribution is 9.10. The monoisotopic (exact) mass is 343 g/mol. The van der Waals surface area contributed by atoms with Crippen molar-refractivity contribution in [3.05, 3.63) is 45.9 Å². The average Bonchev–Trinajstić information content (AvgIpc) is 3.02. The fourth-order valence-corrected chi connectivity index (χ4v) is 3.10. The zero-order chi connectivity index (χ0) is 13.3. The van der Waals surface area contributed by atoms with E-state index >= 15 is 0 Å². The van der Waals surface area contributed by atoms with Crippen molar-refractivity contribution in [1.29, 1.82) is 0 Å². The second-order valence-electron chi connectivity index (χ2n) is 4.17. The topological polar surface area (TPSA) is 49.2 Å². The van der Waals surface area contributed by atoms with Crippen LogP contribution in [0.3, 0.4) is 0 Å². The van der Waals surface area contributed by atoms with Crippen LogP contribution in [0.15, 0.2) is 35.3 Å². The van der Waals surface area contributed by atoms with E-state index in [0.29, 0.717) is 24.8 Å². The van der Waals surface area contributed by atoms with Crippen LogP contribution in [0.25, 0.3) is 0 Å². The van der Waals surface area contributed by atoms with E-state index in [1.54, 1.807) is 11.0 Å². The van der Waals surface area contributed by atoms with Gasteiger partial charge in [0.25, 0.3) is 0 Å². The maximum absolute atomic E-state index is 5.97. The summed E-state index contributed by atoms with van der Waals surface area (Å²) in [4.78, 5) is 3.93. The van der Waals surface area contributed by atoms with Gasteiger partial charge in [0.15, 0.2) is 0 Å². The molecule has 0 atom stereocenters. The van der Waals surface area contributed by atoms with Gasteiger partial charge in [0, 0.05) is 15.1 Å². The molecule has 0 saturated carbocycles. The first-order valence-electron chi connectivity index (χ1n) is 5.75. The normalized spacial score (nSPS) is 17.8. The Bertz CT molecular complexity index is 570. The van der Waals surface area contributed by atoms with Crippen LogP contribution in [-0.4, -0.2) is 28.0 Å². The quantitative estimate of drug-likeness (QED) is 0.859. The van der Waals surface area contributed by atoms with Crippen LogP contribution in [0, 0.1) is 0 Å². The summed E-state index contributed by atoms with van der Waals surface area (Å²) in [6.45, 7) is 1.53. The van der Waals surface area contributed by atoms with Gasteiger partial charge in [0.2, 0.25) is 5.79 Å². The molecule has 0 radical (unpaired) electrons. The first-order valence-corrected chi connectivity index (χ1v) is 6.93. The van der Waals surface area contributed by atoms with Gasteiger partial charge < -0.3 is 9.47 Å². The van der Waals surface area contributed by atoms with E-state index in [1.165, 1.54) is 6.33 Å². The Hall–Kier alpha value is -0.950. The van der Waals surface area contributed by atoms with E-state index in [2.05, 4.69) is 26.0 Å². The Morgan fingerprint density at radius 1 is 1.37 bits per heavy atom. The van der Waals surface area contributed by atoms with Crippen LogP contribution in [0.2, 0.25) is 5.02 Å². The van der Waals surface area contributed by atoms with Gasteiger partial charge >= 0.3 is 0 Å². The summed E-state index contributed by atoms with van der Waals surface area (Å²) in [5, 5.41) is 4.76. The van der Waals surface area contributed by atoms with Crippen molar-refractivity contribution in [3.8, 4) is 0 Å². The molecule has 0 aliphatic carbocycles. The Labute approximate surface area is 123 Å². The SMILES string of the molecule is Clc1ccc(C2(Cn3cncn3)OCCO2)c(Br)c1. The lowest BCUT2D eigenvalue weighted by atomic mass is 10.1. The number of rotatable bonds is 3. The third-order valence-electron chi connectivity index (χ3n) is 2.93. The van der Waals surface area contributed by atoms with Crippen LogP contribution in [0.1, 0.15) is 5.56 Å². The van der Waals surface area contributed by atoms with Gasteiger partial charge in [0.1, 0.15) is 19.2 Å². The number of halogens is 2. The summed E-state index contributed by atoms with van der Waals surface area (Å²) in [7, 11) is 0. The molecule has 19 heavy (non-hydrogen) atoms. The van der Waals surface area contributed by atoms with Crippen molar-refractivity contribution in [2.24, 2.45) is 0 Å². The smallest absolute Gasteiger partial charge is 0.216 e. The third-order valence-corrected chi connectivity index (χ3v) is 3.82. The maximum atomic E-state index is 5.97. The molecule has 5 nitrogen and oxygen atoms in total. The summed E-state index contributed by atoms with van der Waals surface area (Å²) < 4.78 is 14.2. The van der Waals surface area contributed by atoms with Crippen molar-refractivity contribution in [2.75, 3.05) is 13.2 Å². The van der Waals surface area contributed by atoms with Gasteiger partial charge in [-0.15, -0.1) is 0 Å². The number of hydrogen-bond acceptors (Lipinski definition) is 4. The highest BCUT2D eigenvalue weighted by Crippen LogP contribution is 2.38. The molecule has 1 fully saturated rings. The summed E-state index contributed by atoms with van der Waals surface area (Å²) in [6, 6.07) is 5.54. The third kappa shape index (κ3) is 2.53. The standard InChI is InChI=1S/C12H11BrClN3O2/c13-11-5-9(14)1-2-10(11)12(18-3-4-19-12)6-17-8-15-7-16-17/h1-2,5,7-8H,3-4,6H2. The molecule has 1 saturated heterocycles. The van der Waals surface area contributed by atoms with Crippen LogP contribution in [0.5, 0.6) is 0 Å². The molecule has 0 N–H and O–H groups in total. The zero-order valence-corrected chi connectivity index (χ0v) is 12.3. The Morgan fingerprint density at radius 3 is 2.79 bits per heavy atom. The van der Waals surface area contributed by atoms with Crippen LogP contribution < -0.4 is 0 Å². The van der Waals surface area contributed by atoms with E-state index in [0.717, 1.165) is 10.0 Å². The number of ether oxygens (including phenoxy) is 2. The van der Waals surface area contributed by atoms with Gasteiger partial charge in [-0.2, -0.15) is 5.10 Å². The lowest BCUT2D eigenvalue weighted by Crippen LogP contribution is -2.33. The Kier molecular flexibility index (Phi) is 3.58. The van der Waals surface area contributed by atoms with E-state index in [1.807, 2.05) is 18.2 Å². The largest absolute Gasteiger partial charge is 0.342 e. The van der Waals surface area contributed by atoms with Crippen molar-refractivity contribution in [3.63, 3.8) is 0 Å². The molecule has 100 valence electrons. The Morgan fingerprint density at radius 2 is 2.16 bits per heavy atom. The van der Waals surface area contributed by atoms with Crippen molar-refractivity contribution < 1.29 is 9.47 Å². The molecular formula is C12H11BrClN3O2. The van der Waals surface area contributed by atoms with E-state index in [9.17, 15) is 0 Å². The fraction of sp³-hybridized carbons (Fsp3) is 0.333. The molecular weight excluding hydrogens is 334 g/mol. The second kappa shape index (κ2) is 5.20. The second-order valence-corrected chi connectivity index (χ2v) is 5.46. The molecule has 1 aliphatic heterocycles. The van der Waals surface area contributed by atoms with Crippen LogP contribution >= 0.6 is 27.5 Å². The van der Waals surface area contributed by atoms with Crippen molar-refractivity contribution in [1.82, 2.24) is 14.8 Å². The highest BCUT2D eigenvalue weighted by Gasteiger charge is 2.41. The van der Waals surface area contributed by atoms with Gasteiger partial charge in [-0.1, -0.05) is 33.6 Å². The molecule has 2 aromatic rings. The summed E-state index contributed by atoms with van der Waals surface area (Å²) in [5.41, 5.74) is 0.893. The molecule has 1 aliphatic rings. The predicted octanol–water partition coefficient (Wildman–Crippen LogP) is 2.59. The molecule has 2 heterocycles. The van der Waals surface area contributed by atoms with Crippen LogP contribution in [-0.2, 0) is 21.8 Å². The predicted molar refractivity (Wildman–Crippen MR) is 72.8 cm³/mol. The zero-order valence-electron chi connectivity index (χ0n) is 9.92. The minimum absolute atomic E-state index is 0.438. The van der Waals surface area contributed by atoms with Gasteiger partial charge in [-0.05, 0) is 12.1 Å². The molecule has 0 unspecified atom stereocenters. The van der Waals surface area contributed by atoms with Crippen LogP contribution in [0.4, 0.5) is 0 Å². The number of benzene rings is 1. The van der Waals surface area contributed by atoms with Crippen molar-refractivity contribution in [2.45, 2.75) is 12.3 Å². The Balaban J connectivity index is 2.00. The van der Waals surface area contributed by atoms with E-state index in [-0.39, 0.29) is 0 Å². The molecule has 0 amide bonds. The lowest BCUT2D eigenvalue weighted by Gasteiger charge is -2.28. The lowest BCUT2D eigenvalue weighted by molar-refractivity contribution is -0.178. The summed E-state index contributed by atoms with van der Waals surface area (Å²) >= 11 is 9.48. The van der Waals surface area contributed by atoms with E-state index < -0.39 is 5.79 Å². The van der Waals surface area contributed by atoms with Gasteiger partial charge in [-0.25, -0.2) is 9.67 Å². The molecule has 0 bridgehead atoms. The first-order chi connectivity index (χ1) is 9.20. The number of hydrogen-bond donors (Lipinski definition) is 0. The average molecular weight is 345 g/mol. The minimum atomic E-state index is -0.850. The van der Waals surface area contributed by atoms with Crippen molar-refractivity contribution >= 4 is 27.5 Å². The molecule has 1 aromatic carbocycles. The van der Waals surface area contributed by atoms with Gasteiger partial charge in [0.05, 0.1) is 13.2 Å². The molecule has 0 spiro atoms. The van der Waals surface area contributed by atoms with E-state index in [4.69, 9.17) is 21.1 Å². The fourth-order valence-electron chi connectivity index (χ4n) is 2.11. The molecule has 1 aromatic heterocycles. The highest BCUT2D eigenvalue weighted by atomic mass is 79.9.